The molecule has 1 heterocycles. The highest BCUT2D eigenvalue weighted by Gasteiger charge is 2.49. The van der Waals surface area contributed by atoms with Gasteiger partial charge in [-0.05, 0) is 25.7 Å². The fraction of sp³-hybridized carbons (Fsp3) is 0.706. The Kier molecular flexibility index (Phi) is 4.88. The summed E-state index contributed by atoms with van der Waals surface area (Å²) in [5.74, 6) is -3.95. The summed E-state index contributed by atoms with van der Waals surface area (Å²) in [6.45, 7) is -0.494. The van der Waals surface area contributed by atoms with Gasteiger partial charge in [-0.1, -0.05) is 25.0 Å². The Bertz CT molecular complexity index is 576. The van der Waals surface area contributed by atoms with Gasteiger partial charge in [0.25, 0.3) is 0 Å². The minimum Gasteiger partial charge on any atom is -0.351 e. The normalized spacial score (nSPS) is 32.7. The van der Waals surface area contributed by atoms with Crippen LogP contribution >= 0.6 is 0 Å². The first-order chi connectivity index (χ1) is 11.8. The van der Waals surface area contributed by atoms with E-state index in [-0.39, 0.29) is 12.8 Å². The Morgan fingerprint density at radius 3 is 2.20 bits per heavy atom. The number of imide groups is 1. The second-order valence-corrected chi connectivity index (χ2v) is 7.02. The van der Waals surface area contributed by atoms with Crippen molar-refractivity contribution in [2.45, 2.75) is 50.7 Å². The summed E-state index contributed by atoms with van der Waals surface area (Å²) in [5.41, 5.74) is 0. The van der Waals surface area contributed by atoms with Crippen LogP contribution in [0.2, 0.25) is 0 Å². The Balaban J connectivity index is 1.62. The molecule has 1 aliphatic heterocycles. The lowest BCUT2D eigenvalue weighted by Gasteiger charge is -2.33. The Morgan fingerprint density at radius 1 is 1.08 bits per heavy atom. The number of nitrogens with one attached hydrogen (secondary N) is 1. The summed E-state index contributed by atoms with van der Waals surface area (Å²) in [7, 11) is 0. The number of nitrogens with zero attached hydrogens (tertiary/aromatic N) is 1. The summed E-state index contributed by atoms with van der Waals surface area (Å²) < 4.78 is 39.3. The molecule has 3 amide bonds. The van der Waals surface area contributed by atoms with Crippen LogP contribution in [0.5, 0.6) is 0 Å². The SMILES string of the molecule is O=C(CN1C(=O)C2CC=CCC2C1=O)NC1CCCCC1C(F)(F)F. The van der Waals surface area contributed by atoms with Crippen molar-refractivity contribution in [1.82, 2.24) is 10.2 Å². The summed E-state index contributed by atoms with van der Waals surface area (Å²) in [4.78, 5) is 37.7. The van der Waals surface area contributed by atoms with Gasteiger partial charge < -0.3 is 5.32 Å². The fourth-order valence-corrected chi connectivity index (χ4v) is 4.12. The molecule has 0 aromatic carbocycles. The van der Waals surface area contributed by atoms with E-state index < -0.39 is 54.2 Å². The summed E-state index contributed by atoms with van der Waals surface area (Å²) >= 11 is 0. The van der Waals surface area contributed by atoms with Crippen molar-refractivity contribution >= 4 is 17.7 Å². The van der Waals surface area contributed by atoms with Gasteiger partial charge in [-0.3, -0.25) is 19.3 Å². The molecule has 0 bridgehead atoms. The molecule has 3 rings (SSSR count). The van der Waals surface area contributed by atoms with Crippen molar-refractivity contribution in [2.24, 2.45) is 17.8 Å². The van der Waals surface area contributed by atoms with Gasteiger partial charge in [-0.25, -0.2) is 0 Å². The van der Waals surface area contributed by atoms with Crippen molar-refractivity contribution in [3.63, 3.8) is 0 Å². The smallest absolute Gasteiger partial charge is 0.351 e. The van der Waals surface area contributed by atoms with Gasteiger partial charge in [0.05, 0.1) is 17.8 Å². The number of likely N-dealkylation sites (tertiary alicyclic amines) is 1. The van der Waals surface area contributed by atoms with E-state index in [1.165, 1.54) is 0 Å². The van der Waals surface area contributed by atoms with Crippen LogP contribution in [0.3, 0.4) is 0 Å². The molecule has 5 nitrogen and oxygen atoms in total. The zero-order chi connectivity index (χ0) is 18.2. The van der Waals surface area contributed by atoms with Crippen LogP contribution in [-0.2, 0) is 14.4 Å². The van der Waals surface area contributed by atoms with Gasteiger partial charge in [0, 0.05) is 6.04 Å². The molecular weight excluding hydrogens is 337 g/mol. The first-order valence-corrected chi connectivity index (χ1v) is 8.65. The molecule has 3 aliphatic rings. The number of hydrogen-bond donors (Lipinski definition) is 1. The molecule has 25 heavy (non-hydrogen) atoms. The van der Waals surface area contributed by atoms with Crippen molar-refractivity contribution in [3.05, 3.63) is 12.2 Å². The predicted molar refractivity (Wildman–Crippen MR) is 82.0 cm³/mol. The zero-order valence-electron chi connectivity index (χ0n) is 13.7. The molecule has 0 radical (unpaired) electrons. The van der Waals surface area contributed by atoms with Crippen LogP contribution in [-0.4, -0.2) is 41.4 Å². The Labute approximate surface area is 143 Å². The molecule has 2 aliphatic carbocycles. The molecule has 0 spiro atoms. The highest BCUT2D eigenvalue weighted by Crippen LogP contribution is 2.38. The largest absolute Gasteiger partial charge is 0.393 e. The number of amides is 3. The molecule has 0 aromatic rings. The fourth-order valence-electron chi connectivity index (χ4n) is 4.12. The third kappa shape index (κ3) is 3.57. The summed E-state index contributed by atoms with van der Waals surface area (Å²) in [6.07, 6.45) is 1.60. The maximum atomic E-state index is 13.1. The number of allylic oxidation sites excluding steroid dienone is 2. The van der Waals surface area contributed by atoms with Crippen molar-refractivity contribution in [1.29, 1.82) is 0 Å². The van der Waals surface area contributed by atoms with Crippen LogP contribution in [0, 0.1) is 17.8 Å². The summed E-state index contributed by atoms with van der Waals surface area (Å²) in [5, 5.41) is 2.40. The molecule has 2 fully saturated rings. The van der Waals surface area contributed by atoms with Crippen LogP contribution in [0.1, 0.15) is 38.5 Å². The van der Waals surface area contributed by atoms with Crippen LogP contribution in [0.15, 0.2) is 12.2 Å². The number of carbonyl (C=O) groups excluding carboxylic acids is 3. The third-order valence-electron chi connectivity index (χ3n) is 5.43. The van der Waals surface area contributed by atoms with E-state index in [0.717, 1.165) is 4.90 Å². The topological polar surface area (TPSA) is 66.5 Å². The van der Waals surface area contributed by atoms with Gasteiger partial charge in [0.15, 0.2) is 0 Å². The number of carbonyl (C=O) groups is 3. The molecule has 1 saturated carbocycles. The van der Waals surface area contributed by atoms with Gasteiger partial charge >= 0.3 is 6.18 Å². The van der Waals surface area contributed by atoms with E-state index in [9.17, 15) is 27.6 Å². The quantitative estimate of drug-likeness (QED) is 0.621. The van der Waals surface area contributed by atoms with E-state index in [1.54, 1.807) is 0 Å². The zero-order valence-corrected chi connectivity index (χ0v) is 13.7. The number of alkyl halides is 3. The average molecular weight is 358 g/mol. The van der Waals surface area contributed by atoms with E-state index in [4.69, 9.17) is 0 Å². The number of halogens is 3. The summed E-state index contributed by atoms with van der Waals surface area (Å²) in [6, 6.07) is -0.988. The van der Waals surface area contributed by atoms with Gasteiger partial charge in [-0.2, -0.15) is 13.2 Å². The van der Waals surface area contributed by atoms with Crippen LogP contribution < -0.4 is 5.32 Å². The molecule has 138 valence electrons. The maximum absolute atomic E-state index is 13.1. The van der Waals surface area contributed by atoms with Crippen LogP contribution in [0.4, 0.5) is 13.2 Å². The van der Waals surface area contributed by atoms with E-state index >= 15 is 0 Å². The maximum Gasteiger partial charge on any atom is 0.393 e. The second kappa shape index (κ2) is 6.80. The van der Waals surface area contributed by atoms with Crippen LogP contribution in [0.25, 0.3) is 0 Å². The van der Waals surface area contributed by atoms with Crippen molar-refractivity contribution < 1.29 is 27.6 Å². The highest BCUT2D eigenvalue weighted by atomic mass is 19.4. The van der Waals surface area contributed by atoms with E-state index in [0.29, 0.717) is 25.7 Å². The van der Waals surface area contributed by atoms with Crippen molar-refractivity contribution in [3.8, 4) is 0 Å². The predicted octanol–water partition coefficient (Wildman–Crippen LogP) is 2.17. The average Bonchev–Trinajstić information content (AvgIpc) is 2.80. The van der Waals surface area contributed by atoms with Gasteiger partial charge in [-0.15, -0.1) is 0 Å². The first-order valence-electron chi connectivity index (χ1n) is 8.65. The third-order valence-corrected chi connectivity index (χ3v) is 5.43. The molecule has 0 aromatic heterocycles. The molecule has 4 unspecified atom stereocenters. The standard InChI is InChI=1S/C17H21F3N2O3/c18-17(19,20)12-7-3-4-8-13(12)21-14(23)9-22-15(24)10-5-1-2-6-11(10)16(22)25/h1-2,10-13H,3-9H2,(H,21,23). The molecular formula is C17H21F3N2O3. The van der Waals surface area contributed by atoms with Crippen molar-refractivity contribution in [2.75, 3.05) is 6.54 Å². The minimum absolute atomic E-state index is 0.00810. The minimum atomic E-state index is -4.36. The number of hydrogen-bond acceptors (Lipinski definition) is 3. The van der Waals surface area contributed by atoms with Gasteiger partial charge in [0.2, 0.25) is 17.7 Å². The van der Waals surface area contributed by atoms with Gasteiger partial charge in [0.1, 0.15) is 6.54 Å². The monoisotopic (exact) mass is 358 g/mol. The lowest BCUT2D eigenvalue weighted by Crippen LogP contribution is -2.50. The first kappa shape index (κ1) is 17.9. The second-order valence-electron chi connectivity index (χ2n) is 7.02. The highest BCUT2D eigenvalue weighted by molar-refractivity contribution is 6.07. The Hall–Kier alpha value is -1.86. The molecule has 1 N–H and O–H groups in total. The Morgan fingerprint density at radius 2 is 1.64 bits per heavy atom. The molecule has 8 heteroatoms. The molecule has 1 saturated heterocycles. The lowest BCUT2D eigenvalue weighted by molar-refractivity contribution is -0.189. The molecule has 4 atom stereocenters. The lowest BCUT2D eigenvalue weighted by atomic mass is 9.84. The number of rotatable bonds is 3. The van der Waals surface area contributed by atoms with E-state index in [2.05, 4.69) is 5.32 Å². The van der Waals surface area contributed by atoms with E-state index in [1.807, 2.05) is 12.2 Å². The number of fused-ring (bicyclic) bond motifs is 1.